The van der Waals surface area contributed by atoms with Crippen molar-refractivity contribution in [2.45, 2.75) is 39.7 Å². The average Bonchev–Trinajstić information content (AvgIpc) is 2.92. The third kappa shape index (κ3) is 5.21. The van der Waals surface area contributed by atoms with E-state index in [1.54, 1.807) is 0 Å². The van der Waals surface area contributed by atoms with E-state index in [2.05, 4.69) is 17.2 Å². The van der Waals surface area contributed by atoms with Crippen LogP contribution in [0.2, 0.25) is 5.02 Å². The van der Waals surface area contributed by atoms with Crippen molar-refractivity contribution >= 4 is 28.7 Å². The Labute approximate surface area is 132 Å². The Hall–Kier alpha value is -1.26. The number of aromatic nitrogens is 1. The van der Waals surface area contributed by atoms with Gasteiger partial charge < -0.3 is 14.6 Å². The van der Waals surface area contributed by atoms with E-state index in [4.69, 9.17) is 16.0 Å². The minimum Gasteiger partial charge on any atom is -0.423 e. The highest BCUT2D eigenvalue weighted by Crippen LogP contribution is 2.24. The van der Waals surface area contributed by atoms with Gasteiger partial charge in [-0.2, -0.15) is 4.98 Å². The maximum atomic E-state index is 5.94. The van der Waals surface area contributed by atoms with Crippen LogP contribution in [-0.4, -0.2) is 31.7 Å². The Balaban J connectivity index is 0.00000106. The maximum Gasteiger partial charge on any atom is 0.298 e. The number of halogens is 1. The number of nitrogens with one attached hydrogen (secondary N) is 1. The Morgan fingerprint density at radius 3 is 2.76 bits per heavy atom. The summed E-state index contributed by atoms with van der Waals surface area (Å²) in [6, 6.07) is 6.67. The van der Waals surface area contributed by atoms with Gasteiger partial charge in [-0.25, -0.2) is 0 Å². The third-order valence-corrected chi connectivity index (χ3v) is 3.52. The number of hydrogen-bond donors (Lipinski definition) is 1. The second-order valence-electron chi connectivity index (χ2n) is 4.86. The molecule has 0 spiro atoms. The van der Waals surface area contributed by atoms with Crippen LogP contribution >= 0.6 is 11.6 Å². The van der Waals surface area contributed by atoms with Gasteiger partial charge in [0.05, 0.1) is 0 Å². The van der Waals surface area contributed by atoms with Crippen molar-refractivity contribution in [2.24, 2.45) is 0 Å². The molecule has 0 radical (unpaired) electrons. The van der Waals surface area contributed by atoms with Gasteiger partial charge in [-0.05, 0) is 45.0 Å². The molecule has 118 valence electrons. The molecule has 0 saturated carbocycles. The first kappa shape index (κ1) is 17.8. The largest absolute Gasteiger partial charge is 0.423 e. The van der Waals surface area contributed by atoms with Crippen LogP contribution in [0.15, 0.2) is 22.6 Å². The van der Waals surface area contributed by atoms with Crippen molar-refractivity contribution in [2.75, 3.05) is 25.5 Å². The lowest BCUT2D eigenvalue weighted by Gasteiger charge is -2.15. The van der Waals surface area contributed by atoms with Crippen LogP contribution in [-0.2, 0) is 0 Å². The number of anilines is 1. The summed E-state index contributed by atoms with van der Waals surface area (Å²) in [6.07, 6.45) is 2.23. The van der Waals surface area contributed by atoms with Crippen LogP contribution < -0.4 is 10.2 Å². The van der Waals surface area contributed by atoms with Gasteiger partial charge in [-0.15, -0.1) is 0 Å². The molecule has 2 aromatic rings. The molecule has 0 aliphatic carbocycles. The van der Waals surface area contributed by atoms with Crippen LogP contribution in [0, 0.1) is 0 Å². The van der Waals surface area contributed by atoms with Gasteiger partial charge in [-0.3, -0.25) is 0 Å². The fourth-order valence-corrected chi connectivity index (χ4v) is 2.09. The maximum absolute atomic E-state index is 5.94. The lowest BCUT2D eigenvalue weighted by Crippen LogP contribution is -2.24. The molecule has 1 aromatic carbocycles. The first-order chi connectivity index (χ1) is 10.1. The fraction of sp³-hybridized carbons (Fsp3) is 0.562. The van der Waals surface area contributed by atoms with Crippen molar-refractivity contribution in [1.82, 2.24) is 10.3 Å². The summed E-state index contributed by atoms with van der Waals surface area (Å²) in [5.41, 5.74) is 1.58. The topological polar surface area (TPSA) is 41.3 Å². The van der Waals surface area contributed by atoms with Crippen molar-refractivity contribution in [3.63, 3.8) is 0 Å². The van der Waals surface area contributed by atoms with Gasteiger partial charge in [0.15, 0.2) is 5.58 Å². The molecular formula is C16H26ClN3O. The summed E-state index contributed by atoms with van der Waals surface area (Å²) in [4.78, 5) is 6.49. The van der Waals surface area contributed by atoms with E-state index >= 15 is 0 Å². The lowest BCUT2D eigenvalue weighted by molar-refractivity contribution is 0.526. The zero-order chi connectivity index (χ0) is 15.8. The van der Waals surface area contributed by atoms with Gasteiger partial charge in [-0.1, -0.05) is 25.4 Å². The SMILES string of the molecule is CC.CN[C@H](C)CCCN(C)c1nc2cc(Cl)ccc2o1. The van der Waals surface area contributed by atoms with Gasteiger partial charge in [0.1, 0.15) is 5.52 Å². The first-order valence-electron chi connectivity index (χ1n) is 7.54. The molecule has 0 amide bonds. The van der Waals surface area contributed by atoms with Gasteiger partial charge in [0, 0.05) is 24.7 Å². The Bertz CT molecular complexity index is 541. The number of oxazole rings is 1. The second kappa shape index (κ2) is 8.90. The Morgan fingerprint density at radius 2 is 2.10 bits per heavy atom. The highest BCUT2D eigenvalue weighted by Gasteiger charge is 2.10. The summed E-state index contributed by atoms with van der Waals surface area (Å²) in [5.74, 6) is 0. The van der Waals surface area contributed by atoms with Gasteiger partial charge in [0.2, 0.25) is 0 Å². The van der Waals surface area contributed by atoms with Crippen molar-refractivity contribution in [1.29, 1.82) is 0 Å². The van der Waals surface area contributed by atoms with E-state index in [9.17, 15) is 0 Å². The molecule has 1 heterocycles. The molecule has 2 rings (SSSR count). The number of benzene rings is 1. The van der Waals surface area contributed by atoms with E-state index in [0.717, 1.165) is 30.5 Å². The average molecular weight is 312 g/mol. The van der Waals surface area contributed by atoms with E-state index in [1.807, 2.05) is 51.0 Å². The van der Waals surface area contributed by atoms with E-state index in [-0.39, 0.29) is 0 Å². The van der Waals surface area contributed by atoms with Crippen molar-refractivity contribution in [3.8, 4) is 0 Å². The Morgan fingerprint density at radius 1 is 1.38 bits per heavy atom. The highest BCUT2D eigenvalue weighted by atomic mass is 35.5. The highest BCUT2D eigenvalue weighted by molar-refractivity contribution is 6.31. The molecule has 21 heavy (non-hydrogen) atoms. The monoisotopic (exact) mass is 311 g/mol. The van der Waals surface area contributed by atoms with Crippen LogP contribution in [0.5, 0.6) is 0 Å². The Kier molecular flexibility index (Phi) is 7.54. The summed E-state index contributed by atoms with van der Waals surface area (Å²) >= 11 is 5.94. The smallest absolute Gasteiger partial charge is 0.298 e. The molecule has 0 bridgehead atoms. The predicted octanol–water partition coefficient (Wildman–Crippen LogP) is 4.33. The minimum atomic E-state index is 0.538. The summed E-state index contributed by atoms with van der Waals surface area (Å²) in [7, 11) is 3.98. The van der Waals surface area contributed by atoms with Gasteiger partial charge >= 0.3 is 0 Å². The molecule has 1 aromatic heterocycles. The summed E-state index contributed by atoms with van der Waals surface area (Å²) < 4.78 is 5.71. The zero-order valence-corrected chi connectivity index (χ0v) is 14.4. The quantitative estimate of drug-likeness (QED) is 0.862. The summed E-state index contributed by atoms with van der Waals surface area (Å²) in [5, 5.41) is 3.91. The van der Waals surface area contributed by atoms with Crippen molar-refractivity contribution in [3.05, 3.63) is 23.2 Å². The number of fused-ring (bicyclic) bond motifs is 1. The van der Waals surface area contributed by atoms with Crippen molar-refractivity contribution < 1.29 is 4.42 Å². The van der Waals surface area contributed by atoms with E-state index in [1.165, 1.54) is 0 Å². The number of nitrogens with zero attached hydrogens (tertiary/aromatic N) is 2. The molecule has 0 fully saturated rings. The number of rotatable bonds is 6. The molecule has 0 aliphatic heterocycles. The third-order valence-electron chi connectivity index (χ3n) is 3.29. The van der Waals surface area contributed by atoms with Crippen LogP contribution in [0.1, 0.15) is 33.6 Å². The lowest BCUT2D eigenvalue weighted by atomic mass is 10.2. The van der Waals surface area contributed by atoms with Crippen LogP contribution in [0.3, 0.4) is 0 Å². The van der Waals surface area contributed by atoms with E-state index < -0.39 is 0 Å². The zero-order valence-electron chi connectivity index (χ0n) is 13.6. The molecule has 0 aliphatic rings. The normalized spacial score (nSPS) is 11.9. The molecule has 4 nitrogen and oxygen atoms in total. The molecule has 0 unspecified atom stereocenters. The molecule has 1 N–H and O–H groups in total. The van der Waals surface area contributed by atoms with Crippen LogP contribution in [0.4, 0.5) is 6.01 Å². The first-order valence-corrected chi connectivity index (χ1v) is 7.92. The molecule has 1 atom stereocenters. The van der Waals surface area contributed by atoms with E-state index in [0.29, 0.717) is 17.1 Å². The molecule has 0 saturated heterocycles. The fourth-order valence-electron chi connectivity index (χ4n) is 1.93. The predicted molar refractivity (Wildman–Crippen MR) is 91.4 cm³/mol. The molecular weight excluding hydrogens is 286 g/mol. The van der Waals surface area contributed by atoms with Crippen LogP contribution in [0.25, 0.3) is 11.1 Å². The standard InChI is InChI=1S/C14H20ClN3O.C2H6/c1-10(16-2)5-4-8-18(3)14-17-12-9-11(15)6-7-13(12)19-14;1-2/h6-7,9-10,16H,4-5,8H2,1-3H3;1-2H3/t10-;/m1./s1. The minimum absolute atomic E-state index is 0.538. The number of hydrogen-bond acceptors (Lipinski definition) is 4. The second-order valence-corrected chi connectivity index (χ2v) is 5.30. The van der Waals surface area contributed by atoms with Gasteiger partial charge in [0.25, 0.3) is 6.01 Å². The summed E-state index contributed by atoms with van der Waals surface area (Å²) in [6.45, 7) is 7.11. The molecule has 5 heteroatoms.